The van der Waals surface area contributed by atoms with Gasteiger partial charge in [0.2, 0.25) is 11.8 Å². The quantitative estimate of drug-likeness (QED) is 0.341. The number of nitrogens with zero attached hydrogens (tertiary/aromatic N) is 2. The molecule has 5 rings (SSSR count). The molecule has 4 aromatic rings. The molecule has 2 N–H and O–H groups in total. The molecule has 1 atom stereocenters. The number of anilines is 1. The van der Waals surface area contributed by atoms with Gasteiger partial charge in [-0.05, 0) is 49.1 Å². The number of carbonyl (C=O) groups is 2. The number of benzene rings is 2. The molecule has 1 saturated carbocycles. The summed E-state index contributed by atoms with van der Waals surface area (Å²) in [5, 5.41) is 4.07. The van der Waals surface area contributed by atoms with Gasteiger partial charge in [0, 0.05) is 41.7 Å². The maximum atomic E-state index is 13.7. The van der Waals surface area contributed by atoms with Gasteiger partial charge in [-0.15, -0.1) is 0 Å². The third-order valence-electron chi connectivity index (χ3n) is 7.54. The molecule has 2 aromatic carbocycles. The molecule has 2 heterocycles. The van der Waals surface area contributed by atoms with Crippen LogP contribution in [0.5, 0.6) is 0 Å². The molecule has 6 nitrogen and oxygen atoms in total. The average Bonchev–Trinajstić information content (AvgIpc) is 3.57. The van der Waals surface area contributed by atoms with E-state index in [0.717, 1.165) is 39.1 Å². The van der Waals surface area contributed by atoms with Crippen molar-refractivity contribution in [1.82, 2.24) is 15.3 Å². The number of likely N-dealkylation sites (N-methyl/N-ethyl adjacent to an activating group) is 1. The highest BCUT2D eigenvalue weighted by molar-refractivity contribution is 5.99. The minimum absolute atomic E-state index is 0.164. The van der Waals surface area contributed by atoms with Crippen LogP contribution in [0.4, 0.5) is 5.69 Å². The van der Waals surface area contributed by atoms with E-state index < -0.39 is 6.04 Å². The van der Waals surface area contributed by atoms with E-state index >= 15 is 0 Å². The molecular formula is C31H34N4O2. The molecule has 2 amide bonds. The Morgan fingerprint density at radius 1 is 1.03 bits per heavy atom. The molecule has 37 heavy (non-hydrogen) atoms. The largest absolute Gasteiger partial charge is 0.358 e. The van der Waals surface area contributed by atoms with Gasteiger partial charge in [0.25, 0.3) is 0 Å². The van der Waals surface area contributed by atoms with Crippen LogP contribution < -0.4 is 10.2 Å². The van der Waals surface area contributed by atoms with Crippen LogP contribution in [-0.4, -0.2) is 34.9 Å². The first kappa shape index (κ1) is 24.8. The number of hydrogen-bond donors (Lipinski definition) is 2. The lowest BCUT2D eigenvalue weighted by atomic mass is 10.0. The lowest BCUT2D eigenvalue weighted by Gasteiger charge is -2.25. The number of nitrogens with one attached hydrogen (secondary N) is 2. The predicted octanol–water partition coefficient (Wildman–Crippen LogP) is 5.46. The monoisotopic (exact) mass is 494 g/mol. The smallest absolute Gasteiger partial charge is 0.249 e. The van der Waals surface area contributed by atoms with E-state index in [1.807, 2.05) is 73.7 Å². The third kappa shape index (κ3) is 5.58. The van der Waals surface area contributed by atoms with Crippen molar-refractivity contribution in [3.05, 3.63) is 95.4 Å². The molecular weight excluding hydrogens is 460 g/mol. The van der Waals surface area contributed by atoms with Crippen molar-refractivity contribution in [2.75, 3.05) is 11.9 Å². The zero-order valence-corrected chi connectivity index (χ0v) is 21.5. The summed E-state index contributed by atoms with van der Waals surface area (Å²) in [7, 11) is 1.75. The van der Waals surface area contributed by atoms with Gasteiger partial charge in [-0.3, -0.25) is 14.6 Å². The summed E-state index contributed by atoms with van der Waals surface area (Å²) >= 11 is 0. The number of fused-ring (bicyclic) bond motifs is 1. The van der Waals surface area contributed by atoms with Gasteiger partial charge in [-0.25, -0.2) is 0 Å². The van der Waals surface area contributed by atoms with Crippen LogP contribution in [0.1, 0.15) is 54.1 Å². The van der Waals surface area contributed by atoms with E-state index in [1.165, 1.54) is 25.7 Å². The highest BCUT2D eigenvalue weighted by Crippen LogP contribution is 2.33. The fourth-order valence-corrected chi connectivity index (χ4v) is 5.44. The van der Waals surface area contributed by atoms with Crippen molar-refractivity contribution in [2.45, 2.75) is 57.4 Å². The van der Waals surface area contributed by atoms with Crippen LogP contribution in [0.15, 0.2) is 72.9 Å². The molecule has 0 spiro atoms. The first-order valence-electron chi connectivity index (χ1n) is 13.1. The first-order chi connectivity index (χ1) is 18.0. The molecule has 190 valence electrons. The zero-order valence-electron chi connectivity index (χ0n) is 21.5. The molecule has 1 fully saturated rings. The Labute approximate surface area is 218 Å². The Balaban J connectivity index is 1.34. The van der Waals surface area contributed by atoms with Gasteiger partial charge in [0.15, 0.2) is 0 Å². The number of aryl methyl sites for hydroxylation is 1. The van der Waals surface area contributed by atoms with Gasteiger partial charge in [-0.1, -0.05) is 61.4 Å². The first-order valence-corrected chi connectivity index (χ1v) is 13.1. The summed E-state index contributed by atoms with van der Waals surface area (Å²) in [6.45, 7) is 1.98. The molecule has 1 aliphatic carbocycles. The van der Waals surface area contributed by atoms with Gasteiger partial charge in [0.05, 0.1) is 18.3 Å². The molecule has 0 saturated heterocycles. The number of aromatic amines is 1. The number of H-pyrrole nitrogens is 1. The van der Waals surface area contributed by atoms with Crippen molar-refractivity contribution in [3.63, 3.8) is 0 Å². The summed E-state index contributed by atoms with van der Waals surface area (Å²) in [5.74, 6) is 0.182. The fraction of sp³-hybridized carbons (Fsp3) is 0.323. The van der Waals surface area contributed by atoms with E-state index in [9.17, 15) is 9.59 Å². The molecule has 0 aliphatic heterocycles. The van der Waals surface area contributed by atoms with Crippen LogP contribution in [-0.2, 0) is 22.4 Å². The Morgan fingerprint density at radius 2 is 1.76 bits per heavy atom. The van der Waals surface area contributed by atoms with Crippen LogP contribution in [0.25, 0.3) is 10.9 Å². The van der Waals surface area contributed by atoms with E-state index in [0.29, 0.717) is 12.3 Å². The highest BCUT2D eigenvalue weighted by atomic mass is 16.2. The second-order valence-electron chi connectivity index (χ2n) is 10.1. The number of carbonyl (C=O) groups excluding carboxylic acids is 2. The maximum Gasteiger partial charge on any atom is 0.249 e. The lowest BCUT2D eigenvalue weighted by molar-refractivity contribution is -0.127. The maximum absolute atomic E-state index is 13.7. The highest BCUT2D eigenvalue weighted by Gasteiger charge is 2.27. The summed E-state index contributed by atoms with van der Waals surface area (Å²) in [4.78, 5) is 36.6. The predicted molar refractivity (Wildman–Crippen MR) is 148 cm³/mol. The zero-order chi connectivity index (χ0) is 25.8. The minimum Gasteiger partial charge on any atom is -0.358 e. The van der Waals surface area contributed by atoms with Gasteiger partial charge >= 0.3 is 0 Å². The second-order valence-corrected chi connectivity index (χ2v) is 10.1. The molecule has 0 unspecified atom stereocenters. The van der Waals surface area contributed by atoms with Crippen molar-refractivity contribution >= 4 is 28.4 Å². The SMILES string of the molecule is Cc1[nH]c2ccccc2c1CC(=O)N[C@@H](Cc1ccccc1)C(=O)N(C)c1ccc(C2CCCC2)nc1. The Morgan fingerprint density at radius 3 is 2.49 bits per heavy atom. The van der Waals surface area contributed by atoms with Gasteiger partial charge in [0.1, 0.15) is 6.04 Å². The summed E-state index contributed by atoms with van der Waals surface area (Å²) in [6, 6.07) is 21.1. The Hall–Kier alpha value is -3.93. The van der Waals surface area contributed by atoms with Crippen LogP contribution >= 0.6 is 0 Å². The summed E-state index contributed by atoms with van der Waals surface area (Å²) < 4.78 is 0. The number of amides is 2. The van der Waals surface area contributed by atoms with Crippen molar-refractivity contribution in [2.24, 2.45) is 0 Å². The fourth-order valence-electron chi connectivity index (χ4n) is 5.44. The van der Waals surface area contributed by atoms with Gasteiger partial charge < -0.3 is 15.2 Å². The van der Waals surface area contributed by atoms with E-state index in [1.54, 1.807) is 18.1 Å². The lowest BCUT2D eigenvalue weighted by Crippen LogP contribution is -2.49. The third-order valence-corrected chi connectivity index (χ3v) is 7.54. The normalized spacial score (nSPS) is 14.5. The molecule has 0 radical (unpaired) electrons. The van der Waals surface area contributed by atoms with Crippen LogP contribution in [0, 0.1) is 6.92 Å². The Kier molecular flexibility index (Phi) is 7.35. The van der Waals surface area contributed by atoms with Crippen molar-refractivity contribution in [3.8, 4) is 0 Å². The van der Waals surface area contributed by atoms with Gasteiger partial charge in [-0.2, -0.15) is 0 Å². The number of hydrogen-bond acceptors (Lipinski definition) is 3. The molecule has 0 bridgehead atoms. The second kappa shape index (κ2) is 11.0. The number of pyridine rings is 1. The molecule has 1 aliphatic rings. The molecule has 6 heteroatoms. The number of rotatable bonds is 8. The summed E-state index contributed by atoms with van der Waals surface area (Å²) in [6.07, 6.45) is 7.27. The van der Waals surface area contributed by atoms with Crippen LogP contribution in [0.2, 0.25) is 0 Å². The Bertz CT molecular complexity index is 1370. The minimum atomic E-state index is -0.695. The number of para-hydroxylation sites is 1. The average molecular weight is 495 g/mol. The standard InChI is InChI=1S/C31H34N4O2/c1-21-26(25-14-8-9-15-28(25)33-21)19-30(36)34-29(18-22-10-4-3-5-11-22)31(37)35(2)24-16-17-27(32-20-24)23-12-6-7-13-23/h3-5,8-11,14-17,20,23,29,33H,6-7,12-13,18-19H2,1-2H3,(H,34,36)/t29-/m0/s1. The van der Waals surface area contributed by atoms with E-state index in [-0.39, 0.29) is 18.2 Å². The molecule has 2 aromatic heterocycles. The topological polar surface area (TPSA) is 78.1 Å². The van der Waals surface area contributed by atoms with Crippen molar-refractivity contribution < 1.29 is 9.59 Å². The van der Waals surface area contributed by atoms with E-state index in [2.05, 4.69) is 15.3 Å². The summed E-state index contributed by atoms with van der Waals surface area (Å²) in [5.41, 5.74) is 5.75. The van der Waals surface area contributed by atoms with Crippen molar-refractivity contribution in [1.29, 1.82) is 0 Å². The van der Waals surface area contributed by atoms with E-state index in [4.69, 9.17) is 0 Å². The number of aromatic nitrogens is 2. The van der Waals surface area contributed by atoms with Crippen LogP contribution in [0.3, 0.4) is 0 Å².